The lowest BCUT2D eigenvalue weighted by atomic mass is 9.51. The predicted molar refractivity (Wildman–Crippen MR) is 161 cm³/mol. The molecule has 6 aliphatic carbocycles. The summed E-state index contributed by atoms with van der Waals surface area (Å²) in [5.41, 5.74) is 1.12. The smallest absolute Gasteiger partial charge is 0.191 e. The Kier molecular flexibility index (Phi) is 4.79. The first-order chi connectivity index (χ1) is 21.4. The molecule has 0 heterocycles. The van der Waals surface area contributed by atoms with Gasteiger partial charge in [-0.2, -0.15) is 0 Å². The van der Waals surface area contributed by atoms with Gasteiger partial charge in [-0.1, -0.05) is 72.8 Å². The van der Waals surface area contributed by atoms with Gasteiger partial charge in [0.1, 0.15) is 11.5 Å². The van der Waals surface area contributed by atoms with Gasteiger partial charge in [0.05, 0.1) is 25.0 Å². The Balaban J connectivity index is 1.41. The maximum atomic E-state index is 15.1. The Morgan fingerprint density at radius 3 is 1.61 bits per heavy atom. The monoisotopic (exact) mass is 578 g/mol. The molecule has 2 saturated carbocycles. The standard InChI is InChI=1S/C38H26O6/c1-43-21-15-11-19(12-16-21)27-28-29-31(33(40)24-8-4-3-7-23(24)32(29)39)38-34(27)37(38,30(28)20-13-17-22(44-2)18-14-20)35(41)25-9-5-6-10-26(25)36(38)42/h3-18,27-28,30,34H,1-2H3/t27?,28?,30?,34?,37-,38?/m0/s1. The van der Waals surface area contributed by atoms with Gasteiger partial charge >= 0.3 is 0 Å². The molecule has 4 aromatic carbocycles. The number of Topliss-reactive ketones (excluding diaryl/α,β-unsaturated/α-hetero) is 4. The molecule has 0 radical (unpaired) electrons. The molecule has 5 unspecified atom stereocenters. The van der Waals surface area contributed by atoms with Crippen LogP contribution in [0.4, 0.5) is 0 Å². The molecule has 10 rings (SSSR count). The summed E-state index contributed by atoms with van der Waals surface area (Å²) in [5, 5.41) is 0. The molecule has 0 aromatic heterocycles. The zero-order valence-electron chi connectivity index (χ0n) is 24.0. The van der Waals surface area contributed by atoms with Gasteiger partial charge in [-0.15, -0.1) is 0 Å². The summed E-state index contributed by atoms with van der Waals surface area (Å²) in [6.45, 7) is 0. The van der Waals surface area contributed by atoms with Crippen molar-refractivity contribution in [2.75, 3.05) is 14.2 Å². The van der Waals surface area contributed by atoms with Crippen LogP contribution < -0.4 is 9.47 Å². The van der Waals surface area contributed by atoms with Crippen LogP contribution in [0.1, 0.15) is 64.4 Å². The highest BCUT2D eigenvalue weighted by atomic mass is 16.5. The van der Waals surface area contributed by atoms with Crippen molar-refractivity contribution in [3.05, 3.63) is 142 Å². The van der Waals surface area contributed by atoms with Gasteiger partial charge in [-0.05, 0) is 47.2 Å². The summed E-state index contributed by atoms with van der Waals surface area (Å²) in [6.07, 6.45) is 0. The highest BCUT2D eigenvalue weighted by Gasteiger charge is 2.97. The second kappa shape index (κ2) is 8.29. The van der Waals surface area contributed by atoms with E-state index in [9.17, 15) is 9.59 Å². The first-order valence-electron chi connectivity index (χ1n) is 14.8. The van der Waals surface area contributed by atoms with Crippen LogP contribution in [-0.4, -0.2) is 37.4 Å². The number of methoxy groups -OCH3 is 2. The first-order valence-corrected chi connectivity index (χ1v) is 14.8. The number of fused-ring (bicyclic) bond motifs is 2. The molecule has 0 amide bonds. The SMILES string of the molecule is COc1ccc(C2C3C4=C(C(=O)c5ccccc5C4=O)C45C(=O)c6ccccc6C(=O)[C@]4(C3c3ccc(OC)cc3)C25)cc1. The number of allylic oxidation sites excluding steroid dienone is 2. The Bertz CT molecular complexity index is 2040. The van der Waals surface area contributed by atoms with E-state index in [2.05, 4.69) is 0 Å². The van der Waals surface area contributed by atoms with Crippen LogP contribution in [0.3, 0.4) is 0 Å². The molecule has 6 nitrogen and oxygen atoms in total. The van der Waals surface area contributed by atoms with Crippen LogP contribution in [0.5, 0.6) is 11.5 Å². The fraction of sp³-hybridized carbons (Fsp3) is 0.211. The van der Waals surface area contributed by atoms with Crippen molar-refractivity contribution in [3.8, 4) is 11.5 Å². The Morgan fingerprint density at radius 1 is 0.545 bits per heavy atom. The van der Waals surface area contributed by atoms with Crippen LogP contribution in [0.25, 0.3) is 0 Å². The van der Waals surface area contributed by atoms with E-state index in [1.807, 2.05) is 48.5 Å². The quantitative estimate of drug-likeness (QED) is 0.284. The number of ether oxygens (including phenoxy) is 2. The number of benzene rings is 4. The Morgan fingerprint density at radius 2 is 1.05 bits per heavy atom. The molecule has 6 aliphatic rings. The van der Waals surface area contributed by atoms with Gasteiger partial charge in [0.25, 0.3) is 0 Å². The summed E-state index contributed by atoms with van der Waals surface area (Å²) < 4.78 is 10.9. The third-order valence-electron chi connectivity index (χ3n) is 11.1. The lowest BCUT2D eigenvalue weighted by Gasteiger charge is -2.48. The second-order valence-corrected chi connectivity index (χ2v) is 12.4. The maximum absolute atomic E-state index is 15.1. The van der Waals surface area contributed by atoms with Crippen LogP contribution in [0, 0.1) is 22.7 Å². The van der Waals surface area contributed by atoms with Gasteiger partial charge in [0.15, 0.2) is 23.1 Å². The molecule has 0 saturated heterocycles. The number of ketones is 4. The highest BCUT2D eigenvalue weighted by molar-refractivity contribution is 6.36. The Labute approximate surface area is 253 Å². The summed E-state index contributed by atoms with van der Waals surface area (Å²) in [5.74, 6) is -1.39. The van der Waals surface area contributed by atoms with Crippen molar-refractivity contribution in [2.24, 2.45) is 22.7 Å². The highest BCUT2D eigenvalue weighted by Crippen LogP contribution is 2.94. The predicted octanol–water partition coefficient (Wildman–Crippen LogP) is 6.27. The summed E-state index contributed by atoms with van der Waals surface area (Å²) >= 11 is 0. The van der Waals surface area contributed by atoms with E-state index in [-0.39, 0.29) is 34.6 Å². The van der Waals surface area contributed by atoms with E-state index < -0.39 is 28.6 Å². The number of carbonyl (C=O) groups excluding carboxylic acids is 4. The fourth-order valence-electron chi connectivity index (χ4n) is 9.75. The fourth-order valence-corrected chi connectivity index (χ4v) is 9.75. The minimum atomic E-state index is -1.45. The molecule has 0 N–H and O–H groups in total. The van der Waals surface area contributed by atoms with Crippen molar-refractivity contribution >= 4 is 23.1 Å². The van der Waals surface area contributed by atoms with Crippen molar-refractivity contribution in [1.29, 1.82) is 0 Å². The van der Waals surface area contributed by atoms with E-state index >= 15 is 9.59 Å². The lowest BCUT2D eigenvalue weighted by Crippen LogP contribution is -2.51. The van der Waals surface area contributed by atoms with E-state index in [0.717, 1.165) is 11.1 Å². The number of rotatable bonds is 4. The molecular weight excluding hydrogens is 552 g/mol. The molecular formula is C38H26O6. The zero-order valence-corrected chi connectivity index (χ0v) is 24.0. The van der Waals surface area contributed by atoms with Crippen molar-refractivity contribution < 1.29 is 28.7 Å². The Hall–Kier alpha value is -5.10. The molecule has 0 aliphatic heterocycles. The first kappa shape index (κ1) is 25.4. The summed E-state index contributed by atoms with van der Waals surface area (Å²) in [4.78, 5) is 59.3. The van der Waals surface area contributed by atoms with Crippen molar-refractivity contribution in [3.63, 3.8) is 0 Å². The number of hydrogen-bond acceptors (Lipinski definition) is 6. The molecule has 44 heavy (non-hydrogen) atoms. The van der Waals surface area contributed by atoms with Crippen molar-refractivity contribution in [2.45, 2.75) is 11.8 Å². The second-order valence-electron chi connectivity index (χ2n) is 12.4. The third-order valence-corrected chi connectivity index (χ3v) is 11.1. The van der Waals surface area contributed by atoms with E-state index in [1.165, 1.54) is 0 Å². The minimum Gasteiger partial charge on any atom is -0.497 e. The number of carbonyl (C=O) groups is 4. The zero-order chi connectivity index (χ0) is 30.1. The number of hydrogen-bond donors (Lipinski definition) is 0. The normalized spacial score (nSPS) is 30.3. The molecule has 2 spiro atoms. The maximum Gasteiger partial charge on any atom is 0.191 e. The van der Waals surface area contributed by atoms with Gasteiger partial charge in [0, 0.05) is 45.2 Å². The third kappa shape index (κ3) is 2.57. The van der Waals surface area contributed by atoms with E-state index in [1.54, 1.807) is 62.8 Å². The lowest BCUT2D eigenvalue weighted by molar-refractivity contribution is 0.0661. The van der Waals surface area contributed by atoms with Crippen LogP contribution >= 0.6 is 0 Å². The summed E-state index contributed by atoms with van der Waals surface area (Å²) in [6, 6.07) is 29.1. The van der Waals surface area contributed by atoms with Gasteiger partial charge in [0.2, 0.25) is 0 Å². The average molecular weight is 579 g/mol. The molecule has 6 atom stereocenters. The molecule has 6 heteroatoms. The van der Waals surface area contributed by atoms with Crippen LogP contribution in [-0.2, 0) is 0 Å². The van der Waals surface area contributed by atoms with Gasteiger partial charge in [-0.25, -0.2) is 0 Å². The molecule has 214 valence electrons. The van der Waals surface area contributed by atoms with Crippen LogP contribution in [0.2, 0.25) is 0 Å². The van der Waals surface area contributed by atoms with E-state index in [0.29, 0.717) is 39.3 Å². The van der Waals surface area contributed by atoms with Crippen molar-refractivity contribution in [1.82, 2.24) is 0 Å². The largest absolute Gasteiger partial charge is 0.497 e. The molecule has 4 bridgehead atoms. The molecule has 4 aromatic rings. The average Bonchev–Trinajstić information content (AvgIpc) is 3.62. The summed E-state index contributed by atoms with van der Waals surface area (Å²) in [7, 11) is 3.20. The minimum absolute atomic E-state index is 0.120. The van der Waals surface area contributed by atoms with E-state index in [4.69, 9.17) is 9.47 Å². The topological polar surface area (TPSA) is 86.7 Å². The van der Waals surface area contributed by atoms with Crippen LogP contribution in [0.15, 0.2) is 108 Å². The molecule has 2 fully saturated rings. The van der Waals surface area contributed by atoms with Gasteiger partial charge < -0.3 is 9.47 Å². The van der Waals surface area contributed by atoms with Gasteiger partial charge in [-0.3, -0.25) is 19.2 Å².